The molecule has 0 saturated carbocycles. The highest BCUT2D eigenvalue weighted by atomic mass is 32.1. The zero-order valence-electron chi connectivity index (χ0n) is 12.5. The maximum atomic E-state index is 3.53. The first-order valence-corrected chi connectivity index (χ1v) is 7.78. The maximum Gasteiger partial charge on any atom is 0.0410 e. The topological polar surface area (TPSA) is 15.3 Å². The normalized spacial score (nSPS) is 14.1. The summed E-state index contributed by atoms with van der Waals surface area (Å²) in [6.07, 6.45) is 1.21. The van der Waals surface area contributed by atoms with E-state index in [2.05, 4.69) is 62.5 Å². The predicted octanol–water partition coefficient (Wildman–Crippen LogP) is 3.77. The van der Waals surface area contributed by atoms with E-state index in [9.17, 15) is 0 Å². The third-order valence-electron chi connectivity index (χ3n) is 3.32. The van der Waals surface area contributed by atoms with Crippen molar-refractivity contribution in [3.63, 3.8) is 0 Å². The predicted molar refractivity (Wildman–Crippen MR) is 82.3 cm³/mol. The van der Waals surface area contributed by atoms with Crippen molar-refractivity contribution in [1.29, 1.82) is 0 Å². The fourth-order valence-electron chi connectivity index (χ4n) is 2.22. The fourth-order valence-corrected chi connectivity index (χ4v) is 3.07. The van der Waals surface area contributed by atoms with Crippen LogP contribution in [0.2, 0.25) is 0 Å². The SMILES string of the molecule is CCCNCC(C)(C)CN(C)C(C)c1cccs1. The molecule has 0 aliphatic heterocycles. The van der Waals surface area contributed by atoms with Crippen LogP contribution >= 0.6 is 11.3 Å². The molecule has 3 heteroatoms. The third kappa shape index (κ3) is 5.09. The van der Waals surface area contributed by atoms with Gasteiger partial charge in [0.15, 0.2) is 0 Å². The maximum absolute atomic E-state index is 3.53. The van der Waals surface area contributed by atoms with E-state index < -0.39 is 0 Å². The number of thiophene rings is 1. The lowest BCUT2D eigenvalue weighted by Crippen LogP contribution is -2.40. The second-order valence-electron chi connectivity index (χ2n) is 5.95. The lowest BCUT2D eigenvalue weighted by molar-refractivity contribution is 0.168. The van der Waals surface area contributed by atoms with Gasteiger partial charge in [-0.05, 0) is 43.8 Å². The molecule has 0 aromatic carbocycles. The highest BCUT2D eigenvalue weighted by molar-refractivity contribution is 7.10. The van der Waals surface area contributed by atoms with Crippen molar-refractivity contribution >= 4 is 11.3 Å². The lowest BCUT2D eigenvalue weighted by Gasteiger charge is -2.33. The van der Waals surface area contributed by atoms with Crippen LogP contribution < -0.4 is 5.32 Å². The Balaban J connectivity index is 2.44. The van der Waals surface area contributed by atoms with Crippen molar-refractivity contribution in [2.24, 2.45) is 5.41 Å². The minimum atomic E-state index is 0.315. The average molecular weight is 268 g/mol. The molecule has 104 valence electrons. The molecule has 18 heavy (non-hydrogen) atoms. The Morgan fingerprint density at radius 3 is 2.72 bits per heavy atom. The van der Waals surface area contributed by atoms with Crippen molar-refractivity contribution < 1.29 is 0 Å². The van der Waals surface area contributed by atoms with Crippen LogP contribution in [-0.2, 0) is 0 Å². The van der Waals surface area contributed by atoms with Gasteiger partial charge in [-0.15, -0.1) is 11.3 Å². The third-order valence-corrected chi connectivity index (χ3v) is 4.37. The Hall–Kier alpha value is -0.380. The van der Waals surface area contributed by atoms with Crippen molar-refractivity contribution in [2.45, 2.75) is 40.2 Å². The van der Waals surface area contributed by atoms with Gasteiger partial charge < -0.3 is 5.32 Å². The lowest BCUT2D eigenvalue weighted by atomic mass is 9.92. The largest absolute Gasteiger partial charge is 0.316 e. The standard InChI is InChI=1S/C15H28N2S/c1-6-9-16-11-15(3,4)12-17(5)13(2)14-8-7-10-18-14/h7-8,10,13,16H,6,9,11-12H2,1-5H3. The summed E-state index contributed by atoms with van der Waals surface area (Å²) < 4.78 is 0. The van der Waals surface area contributed by atoms with E-state index in [1.807, 2.05) is 11.3 Å². The summed E-state index contributed by atoms with van der Waals surface area (Å²) in [5.74, 6) is 0. The molecule has 1 rings (SSSR count). The van der Waals surface area contributed by atoms with Crippen LogP contribution in [0.25, 0.3) is 0 Å². The van der Waals surface area contributed by atoms with Gasteiger partial charge in [0.05, 0.1) is 0 Å². The number of rotatable bonds is 8. The van der Waals surface area contributed by atoms with Crippen LogP contribution in [0.1, 0.15) is 45.0 Å². The molecule has 0 fully saturated rings. The molecule has 0 aliphatic carbocycles. The van der Waals surface area contributed by atoms with Gasteiger partial charge in [-0.25, -0.2) is 0 Å². The van der Waals surface area contributed by atoms with Gasteiger partial charge in [0, 0.05) is 24.0 Å². The molecule has 0 saturated heterocycles. The molecular formula is C15H28N2S. The molecule has 0 aliphatic rings. The molecule has 1 heterocycles. The molecule has 0 spiro atoms. The highest BCUT2D eigenvalue weighted by Crippen LogP contribution is 2.26. The van der Waals surface area contributed by atoms with E-state index in [4.69, 9.17) is 0 Å². The Morgan fingerprint density at radius 2 is 2.17 bits per heavy atom. The first kappa shape index (κ1) is 15.7. The summed E-state index contributed by atoms with van der Waals surface area (Å²) in [6, 6.07) is 4.88. The second-order valence-corrected chi connectivity index (χ2v) is 6.93. The molecular weight excluding hydrogens is 240 g/mol. The van der Waals surface area contributed by atoms with Gasteiger partial charge in [-0.1, -0.05) is 26.8 Å². The van der Waals surface area contributed by atoms with E-state index in [1.54, 1.807) is 0 Å². The molecule has 0 bridgehead atoms. The first-order valence-electron chi connectivity index (χ1n) is 6.90. The zero-order chi connectivity index (χ0) is 13.6. The molecule has 1 aromatic rings. The summed E-state index contributed by atoms with van der Waals surface area (Å²) >= 11 is 1.85. The van der Waals surface area contributed by atoms with E-state index in [-0.39, 0.29) is 0 Å². The molecule has 1 unspecified atom stereocenters. The number of nitrogens with zero attached hydrogens (tertiary/aromatic N) is 1. The van der Waals surface area contributed by atoms with Gasteiger partial charge in [0.25, 0.3) is 0 Å². The number of hydrogen-bond donors (Lipinski definition) is 1. The minimum Gasteiger partial charge on any atom is -0.316 e. The van der Waals surface area contributed by atoms with Crippen molar-refractivity contribution in [3.05, 3.63) is 22.4 Å². The van der Waals surface area contributed by atoms with Gasteiger partial charge in [-0.2, -0.15) is 0 Å². The van der Waals surface area contributed by atoms with Crippen LogP contribution in [0.15, 0.2) is 17.5 Å². The van der Waals surface area contributed by atoms with E-state index >= 15 is 0 Å². The van der Waals surface area contributed by atoms with E-state index in [0.29, 0.717) is 11.5 Å². The average Bonchev–Trinajstić information content (AvgIpc) is 2.80. The van der Waals surface area contributed by atoms with Crippen molar-refractivity contribution in [1.82, 2.24) is 10.2 Å². The van der Waals surface area contributed by atoms with Crippen LogP contribution in [0.4, 0.5) is 0 Å². The van der Waals surface area contributed by atoms with E-state index in [1.165, 1.54) is 11.3 Å². The summed E-state index contributed by atoms with van der Waals surface area (Å²) in [5, 5.41) is 5.69. The highest BCUT2D eigenvalue weighted by Gasteiger charge is 2.23. The molecule has 1 N–H and O–H groups in total. The summed E-state index contributed by atoms with van der Waals surface area (Å²) in [7, 11) is 2.23. The van der Waals surface area contributed by atoms with Gasteiger partial charge in [0.2, 0.25) is 0 Å². The summed E-state index contributed by atoms with van der Waals surface area (Å²) in [4.78, 5) is 3.91. The van der Waals surface area contributed by atoms with Gasteiger partial charge in [-0.3, -0.25) is 4.90 Å². The first-order chi connectivity index (χ1) is 8.46. The minimum absolute atomic E-state index is 0.315. The fraction of sp³-hybridized carbons (Fsp3) is 0.733. The van der Waals surface area contributed by atoms with Crippen LogP contribution in [0, 0.1) is 5.41 Å². The Bertz CT molecular complexity index is 319. The smallest absolute Gasteiger partial charge is 0.0410 e. The summed E-state index contributed by atoms with van der Waals surface area (Å²) in [6.45, 7) is 12.5. The Kier molecular flexibility index (Phi) is 6.33. The zero-order valence-corrected chi connectivity index (χ0v) is 13.3. The summed E-state index contributed by atoms with van der Waals surface area (Å²) in [5.41, 5.74) is 0.315. The molecule has 0 radical (unpaired) electrons. The molecule has 2 nitrogen and oxygen atoms in total. The van der Waals surface area contributed by atoms with Gasteiger partial charge in [0.1, 0.15) is 0 Å². The van der Waals surface area contributed by atoms with Crippen LogP contribution in [-0.4, -0.2) is 31.6 Å². The van der Waals surface area contributed by atoms with Crippen molar-refractivity contribution in [2.75, 3.05) is 26.7 Å². The molecule has 0 amide bonds. The van der Waals surface area contributed by atoms with Gasteiger partial charge >= 0.3 is 0 Å². The Labute approximate surface area is 116 Å². The molecule has 1 aromatic heterocycles. The Morgan fingerprint density at radius 1 is 1.44 bits per heavy atom. The number of hydrogen-bond acceptors (Lipinski definition) is 3. The van der Waals surface area contributed by atoms with Crippen LogP contribution in [0.5, 0.6) is 0 Å². The number of nitrogens with one attached hydrogen (secondary N) is 1. The molecule has 1 atom stereocenters. The quantitative estimate of drug-likeness (QED) is 0.722. The van der Waals surface area contributed by atoms with Crippen LogP contribution in [0.3, 0.4) is 0 Å². The monoisotopic (exact) mass is 268 g/mol. The second kappa shape index (κ2) is 7.27. The van der Waals surface area contributed by atoms with E-state index in [0.717, 1.165) is 19.6 Å². The van der Waals surface area contributed by atoms with Crippen molar-refractivity contribution in [3.8, 4) is 0 Å².